The van der Waals surface area contributed by atoms with Crippen LogP contribution in [0.4, 0.5) is 13.2 Å². The van der Waals surface area contributed by atoms with Crippen LogP contribution in [0, 0.1) is 5.92 Å². The van der Waals surface area contributed by atoms with E-state index in [9.17, 15) is 13.2 Å². The van der Waals surface area contributed by atoms with Crippen LogP contribution in [0.2, 0.25) is 0 Å². The Morgan fingerprint density at radius 1 is 1.31 bits per heavy atom. The number of hydrogen-bond donors (Lipinski definition) is 3. The molecule has 1 saturated carbocycles. The van der Waals surface area contributed by atoms with E-state index in [2.05, 4.69) is 5.32 Å². The summed E-state index contributed by atoms with van der Waals surface area (Å²) in [5.41, 5.74) is 5.20. The summed E-state index contributed by atoms with van der Waals surface area (Å²) in [5, 5.41) is 11.8. The van der Waals surface area contributed by atoms with Crippen molar-refractivity contribution in [2.45, 2.75) is 37.4 Å². The zero-order valence-corrected chi connectivity index (χ0v) is 9.19. The van der Waals surface area contributed by atoms with Gasteiger partial charge in [-0.25, -0.2) is 0 Å². The number of halogens is 3. The van der Waals surface area contributed by atoms with Gasteiger partial charge in [0.25, 0.3) is 0 Å². The fraction of sp³-hybridized carbons (Fsp3) is 1.00. The summed E-state index contributed by atoms with van der Waals surface area (Å²) >= 11 is 0. The smallest absolute Gasteiger partial charge is 0.391 e. The minimum atomic E-state index is -4.09. The van der Waals surface area contributed by atoms with Gasteiger partial charge in [0, 0.05) is 18.6 Å². The van der Waals surface area contributed by atoms with Crippen LogP contribution in [0.15, 0.2) is 0 Å². The standard InChI is InChI=1S/C10H19F3N2O/c11-10(12,13)8-1-3-9(7-14,4-2-8)15-5-6-16/h8,15-16H,1-7,14H2. The molecule has 0 bridgehead atoms. The summed E-state index contributed by atoms with van der Waals surface area (Å²) in [4.78, 5) is 0. The van der Waals surface area contributed by atoms with Crippen molar-refractivity contribution < 1.29 is 18.3 Å². The molecule has 0 aliphatic heterocycles. The predicted molar refractivity (Wildman–Crippen MR) is 54.9 cm³/mol. The number of β-amino-alcohol motifs (C(OH)–C–C–N with tert-alkyl or cyclic N) is 1. The molecule has 0 aromatic carbocycles. The fourth-order valence-corrected chi connectivity index (χ4v) is 2.27. The highest BCUT2D eigenvalue weighted by atomic mass is 19.4. The van der Waals surface area contributed by atoms with Gasteiger partial charge in [0.1, 0.15) is 0 Å². The zero-order chi connectivity index (χ0) is 12.2. The van der Waals surface area contributed by atoms with Crippen LogP contribution in [0.1, 0.15) is 25.7 Å². The summed E-state index contributed by atoms with van der Waals surface area (Å²) in [5.74, 6) is -1.19. The maximum Gasteiger partial charge on any atom is 0.391 e. The first-order valence-electron chi connectivity index (χ1n) is 5.56. The predicted octanol–water partition coefficient (Wildman–Crippen LogP) is 1.02. The van der Waals surface area contributed by atoms with Gasteiger partial charge in [0.15, 0.2) is 0 Å². The number of hydrogen-bond acceptors (Lipinski definition) is 3. The average Bonchev–Trinajstić information content (AvgIpc) is 2.26. The van der Waals surface area contributed by atoms with Gasteiger partial charge in [-0.1, -0.05) is 0 Å². The van der Waals surface area contributed by atoms with E-state index in [0.29, 0.717) is 25.9 Å². The third-order valence-electron chi connectivity index (χ3n) is 3.41. The molecule has 0 saturated heterocycles. The first-order valence-corrected chi connectivity index (χ1v) is 5.56. The molecule has 0 spiro atoms. The second kappa shape index (κ2) is 5.33. The van der Waals surface area contributed by atoms with Gasteiger partial charge in [-0.3, -0.25) is 0 Å². The number of nitrogens with two attached hydrogens (primary N) is 1. The first-order chi connectivity index (χ1) is 7.43. The Morgan fingerprint density at radius 2 is 1.88 bits per heavy atom. The van der Waals surface area contributed by atoms with Crippen molar-refractivity contribution in [3.8, 4) is 0 Å². The van der Waals surface area contributed by atoms with Crippen LogP contribution in [0.5, 0.6) is 0 Å². The average molecular weight is 240 g/mol. The monoisotopic (exact) mass is 240 g/mol. The molecule has 0 heterocycles. The third-order valence-corrected chi connectivity index (χ3v) is 3.41. The SMILES string of the molecule is NCC1(NCCO)CCC(C(F)(F)F)CC1. The second-order valence-electron chi connectivity index (χ2n) is 4.45. The summed E-state index contributed by atoms with van der Waals surface area (Å²) in [7, 11) is 0. The topological polar surface area (TPSA) is 58.3 Å². The van der Waals surface area contributed by atoms with E-state index in [0.717, 1.165) is 0 Å². The Hall–Kier alpha value is -0.330. The molecule has 0 unspecified atom stereocenters. The van der Waals surface area contributed by atoms with E-state index in [-0.39, 0.29) is 19.4 Å². The molecule has 0 amide bonds. The molecule has 0 aromatic heterocycles. The van der Waals surface area contributed by atoms with Crippen LogP contribution in [-0.2, 0) is 0 Å². The highest BCUT2D eigenvalue weighted by molar-refractivity contribution is 4.94. The molecule has 1 aliphatic carbocycles. The Kier molecular flexibility index (Phi) is 4.58. The Bertz CT molecular complexity index is 213. The minimum absolute atomic E-state index is 0.0234. The number of nitrogens with one attached hydrogen (secondary N) is 1. The lowest BCUT2D eigenvalue weighted by atomic mass is 9.76. The Morgan fingerprint density at radius 3 is 2.25 bits per heavy atom. The van der Waals surface area contributed by atoms with E-state index < -0.39 is 17.6 Å². The molecular formula is C10H19F3N2O. The molecule has 0 aromatic rings. The van der Waals surface area contributed by atoms with Crippen LogP contribution >= 0.6 is 0 Å². The highest BCUT2D eigenvalue weighted by Crippen LogP contribution is 2.40. The third kappa shape index (κ3) is 3.33. The lowest BCUT2D eigenvalue weighted by Crippen LogP contribution is -2.55. The number of alkyl halides is 3. The molecule has 6 heteroatoms. The van der Waals surface area contributed by atoms with E-state index in [4.69, 9.17) is 10.8 Å². The van der Waals surface area contributed by atoms with Crippen molar-refractivity contribution in [2.24, 2.45) is 11.7 Å². The van der Waals surface area contributed by atoms with Gasteiger partial charge < -0.3 is 16.2 Å². The molecule has 1 rings (SSSR count). The molecule has 1 fully saturated rings. The van der Waals surface area contributed by atoms with E-state index >= 15 is 0 Å². The molecule has 3 nitrogen and oxygen atoms in total. The summed E-state index contributed by atoms with van der Waals surface area (Å²) in [6, 6.07) is 0. The quantitative estimate of drug-likeness (QED) is 0.687. The largest absolute Gasteiger partial charge is 0.395 e. The maximum atomic E-state index is 12.5. The van der Waals surface area contributed by atoms with Crippen LogP contribution < -0.4 is 11.1 Å². The van der Waals surface area contributed by atoms with Crippen molar-refractivity contribution >= 4 is 0 Å². The zero-order valence-electron chi connectivity index (χ0n) is 9.19. The van der Waals surface area contributed by atoms with Crippen LogP contribution in [0.25, 0.3) is 0 Å². The fourth-order valence-electron chi connectivity index (χ4n) is 2.27. The highest BCUT2D eigenvalue weighted by Gasteiger charge is 2.45. The lowest BCUT2D eigenvalue weighted by Gasteiger charge is -2.40. The van der Waals surface area contributed by atoms with Crippen molar-refractivity contribution in [2.75, 3.05) is 19.7 Å². The summed E-state index contributed by atoms with van der Waals surface area (Å²) in [6.45, 7) is 0.676. The van der Waals surface area contributed by atoms with Crippen molar-refractivity contribution in [3.05, 3.63) is 0 Å². The molecule has 0 radical (unpaired) electrons. The molecule has 4 N–H and O–H groups in total. The van der Waals surface area contributed by atoms with Crippen molar-refractivity contribution in [3.63, 3.8) is 0 Å². The number of aliphatic hydroxyl groups is 1. The number of aliphatic hydroxyl groups excluding tert-OH is 1. The van der Waals surface area contributed by atoms with E-state index in [1.165, 1.54) is 0 Å². The minimum Gasteiger partial charge on any atom is -0.395 e. The van der Waals surface area contributed by atoms with Crippen molar-refractivity contribution in [1.82, 2.24) is 5.32 Å². The van der Waals surface area contributed by atoms with Gasteiger partial charge in [-0.15, -0.1) is 0 Å². The maximum absolute atomic E-state index is 12.5. The summed E-state index contributed by atoms with van der Waals surface area (Å²) in [6.07, 6.45) is -2.99. The van der Waals surface area contributed by atoms with Gasteiger partial charge in [0.2, 0.25) is 0 Å². The molecule has 1 aliphatic rings. The molecular weight excluding hydrogens is 221 g/mol. The number of rotatable bonds is 4. The molecule has 16 heavy (non-hydrogen) atoms. The van der Waals surface area contributed by atoms with E-state index in [1.807, 2.05) is 0 Å². The van der Waals surface area contributed by atoms with Gasteiger partial charge in [0.05, 0.1) is 12.5 Å². The first kappa shape index (κ1) is 13.7. The Balaban J connectivity index is 2.50. The van der Waals surface area contributed by atoms with E-state index in [1.54, 1.807) is 0 Å². The van der Waals surface area contributed by atoms with Gasteiger partial charge in [-0.05, 0) is 25.7 Å². The van der Waals surface area contributed by atoms with Crippen molar-refractivity contribution in [1.29, 1.82) is 0 Å². The second-order valence-corrected chi connectivity index (χ2v) is 4.45. The summed E-state index contributed by atoms with van der Waals surface area (Å²) < 4.78 is 37.4. The van der Waals surface area contributed by atoms with Crippen LogP contribution in [0.3, 0.4) is 0 Å². The molecule has 96 valence electrons. The van der Waals surface area contributed by atoms with Crippen LogP contribution in [-0.4, -0.2) is 36.5 Å². The normalized spacial score (nSPS) is 31.7. The van der Waals surface area contributed by atoms with Gasteiger partial charge >= 0.3 is 6.18 Å². The van der Waals surface area contributed by atoms with Gasteiger partial charge in [-0.2, -0.15) is 13.2 Å². The molecule has 0 atom stereocenters. The Labute approximate surface area is 93.2 Å². The lowest BCUT2D eigenvalue weighted by molar-refractivity contribution is -0.185.